The fourth-order valence-electron chi connectivity index (χ4n) is 3.57. The van der Waals surface area contributed by atoms with Crippen molar-refractivity contribution in [3.8, 4) is 0 Å². The number of rotatable bonds is 6. The van der Waals surface area contributed by atoms with Crippen molar-refractivity contribution in [3.05, 3.63) is 0 Å². The number of nitrogens with two attached hydrogens (primary N) is 1. The SMILES string of the molecule is CC1CCC(C(=O)CCC(CCN)C(C)(C)C)CC1C. The van der Waals surface area contributed by atoms with Crippen molar-refractivity contribution < 1.29 is 4.79 Å². The molecule has 0 amide bonds. The minimum absolute atomic E-state index is 0.258. The van der Waals surface area contributed by atoms with Gasteiger partial charge < -0.3 is 5.73 Å². The molecule has 2 N–H and O–H groups in total. The Morgan fingerprint density at radius 2 is 1.80 bits per heavy atom. The average Bonchev–Trinajstić information content (AvgIpc) is 2.36. The first-order valence-electron chi connectivity index (χ1n) is 8.48. The summed E-state index contributed by atoms with van der Waals surface area (Å²) in [6.07, 6.45) is 6.25. The van der Waals surface area contributed by atoms with E-state index in [1.54, 1.807) is 0 Å². The van der Waals surface area contributed by atoms with E-state index >= 15 is 0 Å². The van der Waals surface area contributed by atoms with Gasteiger partial charge in [-0.05, 0) is 61.8 Å². The van der Waals surface area contributed by atoms with E-state index in [9.17, 15) is 4.79 Å². The topological polar surface area (TPSA) is 43.1 Å². The summed E-state index contributed by atoms with van der Waals surface area (Å²) < 4.78 is 0. The molecular weight excluding hydrogens is 246 g/mol. The van der Waals surface area contributed by atoms with Gasteiger partial charge in [0.05, 0.1) is 0 Å². The van der Waals surface area contributed by atoms with Crippen molar-refractivity contribution >= 4 is 5.78 Å². The first kappa shape index (κ1) is 17.7. The zero-order valence-corrected chi connectivity index (χ0v) is 14.2. The summed E-state index contributed by atoms with van der Waals surface area (Å²) in [7, 11) is 0. The van der Waals surface area contributed by atoms with Gasteiger partial charge in [-0.15, -0.1) is 0 Å². The Balaban J connectivity index is 2.45. The number of hydrogen-bond donors (Lipinski definition) is 1. The standard InChI is InChI=1S/C18H35NO/c1-13-6-7-15(12-14(13)2)17(20)9-8-16(10-11-19)18(3,4)5/h13-16H,6-12,19H2,1-5H3. The van der Waals surface area contributed by atoms with Crippen molar-refractivity contribution in [1.82, 2.24) is 0 Å². The molecule has 1 aliphatic rings. The Kier molecular flexibility index (Phi) is 6.71. The van der Waals surface area contributed by atoms with Gasteiger partial charge in [0.15, 0.2) is 0 Å². The lowest BCUT2D eigenvalue weighted by molar-refractivity contribution is -0.125. The van der Waals surface area contributed by atoms with E-state index in [0.29, 0.717) is 23.5 Å². The van der Waals surface area contributed by atoms with E-state index in [2.05, 4.69) is 34.6 Å². The van der Waals surface area contributed by atoms with Gasteiger partial charge in [-0.25, -0.2) is 0 Å². The molecule has 0 bridgehead atoms. The summed E-state index contributed by atoms with van der Waals surface area (Å²) in [4.78, 5) is 12.5. The second kappa shape index (κ2) is 7.59. The van der Waals surface area contributed by atoms with Crippen molar-refractivity contribution in [2.75, 3.05) is 6.54 Å². The van der Waals surface area contributed by atoms with Crippen LogP contribution in [-0.2, 0) is 4.79 Å². The molecule has 4 unspecified atom stereocenters. The highest BCUT2D eigenvalue weighted by molar-refractivity contribution is 5.81. The van der Waals surface area contributed by atoms with Crippen LogP contribution in [0.5, 0.6) is 0 Å². The van der Waals surface area contributed by atoms with Gasteiger partial charge in [0.25, 0.3) is 0 Å². The summed E-state index contributed by atoms with van der Waals surface area (Å²) in [6.45, 7) is 12.2. The lowest BCUT2D eigenvalue weighted by atomic mass is 9.72. The van der Waals surface area contributed by atoms with Gasteiger partial charge in [0.2, 0.25) is 0 Å². The Morgan fingerprint density at radius 3 is 2.30 bits per heavy atom. The minimum Gasteiger partial charge on any atom is -0.330 e. The molecule has 0 saturated heterocycles. The fourth-order valence-corrected chi connectivity index (χ4v) is 3.57. The van der Waals surface area contributed by atoms with Crippen LogP contribution in [0.15, 0.2) is 0 Å². The first-order valence-corrected chi connectivity index (χ1v) is 8.48. The number of carbonyl (C=O) groups excluding carboxylic acids is 1. The third-order valence-corrected chi connectivity index (χ3v) is 5.53. The van der Waals surface area contributed by atoms with Crippen molar-refractivity contribution in [2.24, 2.45) is 34.8 Å². The summed E-state index contributed by atoms with van der Waals surface area (Å²) >= 11 is 0. The van der Waals surface area contributed by atoms with Crippen LogP contribution in [0.4, 0.5) is 0 Å². The van der Waals surface area contributed by atoms with Crippen molar-refractivity contribution in [2.45, 2.75) is 73.1 Å². The van der Waals surface area contributed by atoms with Gasteiger partial charge in [-0.1, -0.05) is 34.6 Å². The molecule has 0 aromatic rings. The molecule has 1 aliphatic carbocycles. The molecule has 2 heteroatoms. The Bertz CT molecular complexity index is 305. The second-order valence-corrected chi connectivity index (χ2v) is 8.11. The predicted molar refractivity (Wildman–Crippen MR) is 86.5 cm³/mol. The predicted octanol–water partition coefficient (Wildman–Crippen LogP) is 4.42. The van der Waals surface area contributed by atoms with E-state index in [4.69, 9.17) is 5.73 Å². The molecule has 1 saturated carbocycles. The molecule has 0 aromatic carbocycles. The fraction of sp³-hybridized carbons (Fsp3) is 0.944. The van der Waals surface area contributed by atoms with Crippen molar-refractivity contribution in [3.63, 3.8) is 0 Å². The largest absolute Gasteiger partial charge is 0.330 e. The number of carbonyl (C=O) groups is 1. The smallest absolute Gasteiger partial charge is 0.135 e. The number of hydrogen-bond acceptors (Lipinski definition) is 2. The van der Waals surface area contributed by atoms with Crippen LogP contribution in [0.25, 0.3) is 0 Å². The van der Waals surface area contributed by atoms with E-state index in [-0.39, 0.29) is 5.41 Å². The van der Waals surface area contributed by atoms with Gasteiger partial charge in [0, 0.05) is 12.3 Å². The molecule has 0 spiro atoms. The van der Waals surface area contributed by atoms with E-state index in [1.165, 1.54) is 6.42 Å². The molecule has 2 nitrogen and oxygen atoms in total. The average molecular weight is 281 g/mol. The highest BCUT2D eigenvalue weighted by Crippen LogP contribution is 2.36. The molecule has 118 valence electrons. The van der Waals surface area contributed by atoms with Crippen LogP contribution in [0.3, 0.4) is 0 Å². The molecular formula is C18H35NO. The number of Topliss-reactive ketones (excluding diaryl/α,β-unsaturated/α-hetero) is 1. The summed E-state index contributed by atoms with van der Waals surface area (Å²) in [5.41, 5.74) is 5.98. The third kappa shape index (κ3) is 5.20. The van der Waals surface area contributed by atoms with Crippen LogP contribution in [0.1, 0.15) is 73.1 Å². The third-order valence-electron chi connectivity index (χ3n) is 5.53. The van der Waals surface area contributed by atoms with Crippen LogP contribution in [0.2, 0.25) is 0 Å². The highest BCUT2D eigenvalue weighted by Gasteiger charge is 2.30. The maximum absolute atomic E-state index is 12.5. The molecule has 1 fully saturated rings. The molecule has 4 atom stereocenters. The van der Waals surface area contributed by atoms with Crippen LogP contribution in [0, 0.1) is 29.1 Å². The maximum atomic E-state index is 12.5. The molecule has 0 aromatic heterocycles. The highest BCUT2D eigenvalue weighted by atomic mass is 16.1. The number of ketones is 1. The minimum atomic E-state index is 0.258. The summed E-state index contributed by atoms with van der Waals surface area (Å²) in [6, 6.07) is 0. The lowest BCUT2D eigenvalue weighted by Gasteiger charge is -2.33. The van der Waals surface area contributed by atoms with Gasteiger partial charge >= 0.3 is 0 Å². The summed E-state index contributed by atoms with van der Waals surface area (Å²) in [5.74, 6) is 2.91. The van der Waals surface area contributed by atoms with Gasteiger partial charge in [0.1, 0.15) is 5.78 Å². The van der Waals surface area contributed by atoms with E-state index in [0.717, 1.165) is 44.6 Å². The van der Waals surface area contributed by atoms with Gasteiger partial charge in [-0.3, -0.25) is 4.79 Å². The Labute approximate surface area is 125 Å². The van der Waals surface area contributed by atoms with Crippen LogP contribution < -0.4 is 5.73 Å². The summed E-state index contributed by atoms with van der Waals surface area (Å²) in [5, 5.41) is 0. The van der Waals surface area contributed by atoms with Gasteiger partial charge in [-0.2, -0.15) is 0 Å². The van der Waals surface area contributed by atoms with Crippen LogP contribution in [-0.4, -0.2) is 12.3 Å². The molecule has 1 rings (SSSR count). The molecule has 0 radical (unpaired) electrons. The lowest BCUT2D eigenvalue weighted by Crippen LogP contribution is -2.28. The maximum Gasteiger partial charge on any atom is 0.135 e. The zero-order valence-electron chi connectivity index (χ0n) is 14.2. The second-order valence-electron chi connectivity index (χ2n) is 8.11. The monoisotopic (exact) mass is 281 g/mol. The molecule has 0 aliphatic heterocycles. The first-order chi connectivity index (χ1) is 9.25. The van der Waals surface area contributed by atoms with E-state index < -0.39 is 0 Å². The molecule has 20 heavy (non-hydrogen) atoms. The zero-order chi connectivity index (χ0) is 15.3. The van der Waals surface area contributed by atoms with E-state index in [1.807, 2.05) is 0 Å². The Hall–Kier alpha value is -0.370. The van der Waals surface area contributed by atoms with Crippen molar-refractivity contribution in [1.29, 1.82) is 0 Å². The Morgan fingerprint density at radius 1 is 1.15 bits per heavy atom. The normalized spacial score (nSPS) is 29.2. The molecule has 0 heterocycles. The van der Waals surface area contributed by atoms with Crippen LogP contribution >= 0.6 is 0 Å². The quantitative estimate of drug-likeness (QED) is 0.783.